The Hall–Kier alpha value is 0.467. The van der Waals surface area contributed by atoms with Gasteiger partial charge in [-0.3, -0.25) is 0 Å². The van der Waals surface area contributed by atoms with Gasteiger partial charge in [0, 0.05) is 6.61 Å². The van der Waals surface area contributed by atoms with Crippen LogP contribution in [0.4, 0.5) is 0 Å². The van der Waals surface area contributed by atoms with Crippen LogP contribution in [0.25, 0.3) is 0 Å². The minimum atomic E-state index is -1.80. The van der Waals surface area contributed by atoms with E-state index in [1.54, 1.807) is 0 Å². The molecule has 0 aromatic carbocycles. The Morgan fingerprint density at radius 2 is 1.57 bits per heavy atom. The van der Waals surface area contributed by atoms with Gasteiger partial charge in [0.15, 0.2) is 0 Å². The van der Waals surface area contributed by atoms with Crippen molar-refractivity contribution in [2.45, 2.75) is 65.0 Å². The zero-order chi connectivity index (χ0) is 10.9. The summed E-state index contributed by atoms with van der Waals surface area (Å²) in [6.07, 6.45) is 8.01. The fraction of sp³-hybridized carbons (Fsp3) is 1.00. The third-order valence-electron chi connectivity index (χ3n) is 2.42. The van der Waals surface area contributed by atoms with Gasteiger partial charge < -0.3 is 4.43 Å². The van der Waals surface area contributed by atoms with Crippen LogP contribution in [-0.4, -0.2) is 14.2 Å². The summed E-state index contributed by atoms with van der Waals surface area (Å²) in [6, 6.07) is 1.11. The first-order valence-corrected chi connectivity index (χ1v) is 9.58. The molecule has 1 nitrogen and oxygen atoms in total. The quantitative estimate of drug-likeness (QED) is 0.321. The number of hydrogen-bond acceptors (Lipinski definition) is 1. The molecule has 0 heterocycles. The highest BCUT2D eigenvalue weighted by Crippen LogP contribution is 2.20. The third kappa shape index (κ3) is 9.04. The first kappa shape index (κ1) is 14.5. The van der Waals surface area contributed by atoms with Crippen molar-refractivity contribution in [3.8, 4) is 0 Å². The lowest BCUT2D eigenvalue weighted by Gasteiger charge is -2.18. The number of rotatable bonds is 9. The monoisotopic (exact) mass is 236 g/mol. The maximum absolute atomic E-state index is 6.29. The van der Waals surface area contributed by atoms with Crippen LogP contribution < -0.4 is 0 Å². The molecule has 0 bridgehead atoms. The molecule has 3 heteroatoms. The first-order chi connectivity index (χ1) is 6.62. The molecule has 0 saturated carbocycles. The van der Waals surface area contributed by atoms with Crippen LogP contribution in [0.1, 0.15) is 52.4 Å². The lowest BCUT2D eigenvalue weighted by molar-refractivity contribution is 0.337. The molecule has 86 valence electrons. The summed E-state index contributed by atoms with van der Waals surface area (Å²) < 4.78 is 5.56. The zero-order valence-electron chi connectivity index (χ0n) is 9.94. The van der Waals surface area contributed by atoms with Gasteiger partial charge in [-0.15, -0.1) is 11.1 Å². The highest BCUT2D eigenvalue weighted by molar-refractivity contribution is 7.16. The van der Waals surface area contributed by atoms with Crippen molar-refractivity contribution in [1.82, 2.24) is 0 Å². The molecule has 0 radical (unpaired) electrons. The van der Waals surface area contributed by atoms with Crippen LogP contribution in [0.3, 0.4) is 0 Å². The van der Waals surface area contributed by atoms with Crippen LogP contribution in [0.2, 0.25) is 12.6 Å². The molecular weight excluding hydrogens is 212 g/mol. The van der Waals surface area contributed by atoms with Gasteiger partial charge in [-0.1, -0.05) is 45.4 Å². The fourth-order valence-corrected chi connectivity index (χ4v) is 3.95. The first-order valence-electron chi connectivity index (χ1n) is 5.95. The van der Waals surface area contributed by atoms with Gasteiger partial charge in [-0.05, 0) is 19.5 Å². The molecule has 0 aromatic heterocycles. The molecule has 14 heavy (non-hydrogen) atoms. The van der Waals surface area contributed by atoms with Gasteiger partial charge >= 0.3 is 0 Å². The standard InChI is InChI=1S/C11H25ClOSi/c1-4-6-7-8-9-10-11-14(3,12)13-5-2/h4-11H2,1-3H3. The Morgan fingerprint density at radius 3 is 2.14 bits per heavy atom. The second-order valence-electron chi connectivity index (χ2n) is 4.05. The van der Waals surface area contributed by atoms with Crippen molar-refractivity contribution >= 4 is 18.7 Å². The van der Waals surface area contributed by atoms with Crippen molar-refractivity contribution in [3.05, 3.63) is 0 Å². The summed E-state index contributed by atoms with van der Waals surface area (Å²) >= 11 is 6.29. The minimum absolute atomic E-state index is 0.766. The molecule has 0 fully saturated rings. The Kier molecular flexibility index (Phi) is 9.04. The Morgan fingerprint density at radius 1 is 1.00 bits per heavy atom. The molecule has 1 atom stereocenters. The molecule has 1 unspecified atom stereocenters. The molecule has 0 aliphatic rings. The van der Waals surface area contributed by atoms with Gasteiger partial charge in [0.25, 0.3) is 7.63 Å². The molecule has 0 saturated heterocycles. The van der Waals surface area contributed by atoms with E-state index in [1.165, 1.54) is 38.5 Å². The molecule has 0 aliphatic carbocycles. The van der Waals surface area contributed by atoms with E-state index in [0.29, 0.717) is 0 Å². The lowest BCUT2D eigenvalue weighted by Crippen LogP contribution is -2.26. The van der Waals surface area contributed by atoms with Crippen LogP contribution in [0.5, 0.6) is 0 Å². The summed E-state index contributed by atoms with van der Waals surface area (Å²) in [6.45, 7) is 7.14. The maximum atomic E-state index is 6.29. The van der Waals surface area contributed by atoms with Crippen LogP contribution in [0.15, 0.2) is 0 Å². The van der Waals surface area contributed by atoms with Crippen LogP contribution >= 0.6 is 11.1 Å². The average Bonchev–Trinajstić information content (AvgIpc) is 2.11. The summed E-state index contributed by atoms with van der Waals surface area (Å²) in [4.78, 5) is 0. The van der Waals surface area contributed by atoms with Gasteiger partial charge in [-0.2, -0.15) is 0 Å². The maximum Gasteiger partial charge on any atom is 0.286 e. The van der Waals surface area contributed by atoms with Gasteiger partial charge in [0.2, 0.25) is 0 Å². The molecule has 0 spiro atoms. The van der Waals surface area contributed by atoms with Crippen molar-refractivity contribution in [2.24, 2.45) is 0 Å². The van der Waals surface area contributed by atoms with Crippen molar-refractivity contribution in [2.75, 3.05) is 6.61 Å². The van der Waals surface area contributed by atoms with E-state index in [0.717, 1.165) is 12.7 Å². The van der Waals surface area contributed by atoms with Crippen LogP contribution in [-0.2, 0) is 4.43 Å². The fourth-order valence-electron chi connectivity index (χ4n) is 1.59. The Balaban J connectivity index is 3.26. The van der Waals surface area contributed by atoms with E-state index in [9.17, 15) is 0 Å². The summed E-state index contributed by atoms with van der Waals surface area (Å²) in [5.74, 6) is 0. The summed E-state index contributed by atoms with van der Waals surface area (Å²) in [5, 5.41) is 0. The smallest absolute Gasteiger partial charge is 0.286 e. The topological polar surface area (TPSA) is 9.23 Å². The van der Waals surface area contributed by atoms with E-state index in [4.69, 9.17) is 15.5 Å². The molecule has 0 rings (SSSR count). The van der Waals surface area contributed by atoms with Gasteiger partial charge in [0.05, 0.1) is 0 Å². The average molecular weight is 237 g/mol. The van der Waals surface area contributed by atoms with Crippen molar-refractivity contribution in [3.63, 3.8) is 0 Å². The Labute approximate surface area is 95.0 Å². The van der Waals surface area contributed by atoms with E-state index in [2.05, 4.69) is 13.5 Å². The third-order valence-corrected chi connectivity index (χ3v) is 5.45. The normalized spacial score (nSPS) is 15.4. The highest BCUT2D eigenvalue weighted by Gasteiger charge is 2.24. The SMILES string of the molecule is CCCCCCCC[Si](C)(Cl)OCC. The van der Waals surface area contributed by atoms with E-state index < -0.39 is 7.63 Å². The number of hydrogen-bond donors (Lipinski definition) is 0. The predicted molar refractivity (Wildman–Crippen MR) is 67.3 cm³/mol. The van der Waals surface area contributed by atoms with Crippen molar-refractivity contribution in [1.29, 1.82) is 0 Å². The van der Waals surface area contributed by atoms with Crippen molar-refractivity contribution < 1.29 is 4.43 Å². The number of unbranched alkanes of at least 4 members (excludes halogenated alkanes) is 5. The Bertz CT molecular complexity index is 128. The summed E-state index contributed by atoms with van der Waals surface area (Å²) in [7, 11) is -1.80. The number of halogens is 1. The second-order valence-corrected chi connectivity index (χ2v) is 9.44. The second kappa shape index (κ2) is 8.75. The molecule has 0 N–H and O–H groups in total. The van der Waals surface area contributed by atoms with Gasteiger partial charge in [0.1, 0.15) is 0 Å². The minimum Gasteiger partial charge on any atom is -0.403 e. The lowest BCUT2D eigenvalue weighted by atomic mass is 10.1. The molecule has 0 aromatic rings. The van der Waals surface area contributed by atoms with E-state index in [-0.39, 0.29) is 0 Å². The highest BCUT2D eigenvalue weighted by atomic mass is 35.6. The van der Waals surface area contributed by atoms with E-state index in [1.807, 2.05) is 6.92 Å². The van der Waals surface area contributed by atoms with Gasteiger partial charge in [-0.25, -0.2) is 0 Å². The largest absolute Gasteiger partial charge is 0.403 e. The van der Waals surface area contributed by atoms with E-state index >= 15 is 0 Å². The van der Waals surface area contributed by atoms with Crippen LogP contribution in [0, 0.1) is 0 Å². The summed E-state index contributed by atoms with van der Waals surface area (Å²) in [5.41, 5.74) is 0. The predicted octanol–water partition coefficient (Wildman–Crippen LogP) is 4.69. The molecular formula is C11H25ClOSi. The molecule has 0 aliphatic heterocycles. The zero-order valence-corrected chi connectivity index (χ0v) is 11.7. The molecule has 0 amide bonds.